The molecule has 1 aromatic rings. The first-order valence-corrected chi connectivity index (χ1v) is 5.20. The molecule has 1 unspecified atom stereocenters. The van der Waals surface area contributed by atoms with Crippen molar-refractivity contribution in [1.29, 1.82) is 0 Å². The van der Waals surface area contributed by atoms with E-state index in [0.29, 0.717) is 12.6 Å². The van der Waals surface area contributed by atoms with Crippen LogP contribution in [0.25, 0.3) is 0 Å². The Hall–Kier alpha value is -0.870. The molecule has 2 heterocycles. The van der Waals surface area contributed by atoms with Crippen molar-refractivity contribution in [1.82, 2.24) is 14.5 Å². The van der Waals surface area contributed by atoms with Crippen molar-refractivity contribution in [2.24, 2.45) is 5.73 Å². The van der Waals surface area contributed by atoms with Gasteiger partial charge in [0.1, 0.15) is 0 Å². The van der Waals surface area contributed by atoms with Crippen molar-refractivity contribution >= 4 is 0 Å². The molecular weight excluding hydrogens is 176 g/mol. The molecule has 0 aliphatic carbocycles. The van der Waals surface area contributed by atoms with Crippen LogP contribution >= 0.6 is 0 Å². The van der Waals surface area contributed by atoms with Gasteiger partial charge in [-0.05, 0) is 26.4 Å². The van der Waals surface area contributed by atoms with Crippen LogP contribution < -0.4 is 5.73 Å². The van der Waals surface area contributed by atoms with Gasteiger partial charge < -0.3 is 15.2 Å². The number of likely N-dealkylation sites (tertiary alicyclic amines) is 1. The second-order valence-electron chi connectivity index (χ2n) is 4.02. The van der Waals surface area contributed by atoms with Crippen LogP contribution in [-0.4, -0.2) is 34.1 Å². The van der Waals surface area contributed by atoms with Crippen LogP contribution in [0.3, 0.4) is 0 Å². The summed E-state index contributed by atoms with van der Waals surface area (Å²) in [6.07, 6.45) is 6.34. The third-order valence-electron chi connectivity index (χ3n) is 3.09. The lowest BCUT2D eigenvalue weighted by molar-refractivity contribution is 0.280. The predicted octanol–water partition coefficient (Wildman–Crippen LogP) is 0.436. The maximum Gasteiger partial charge on any atom is 0.0949 e. The molecule has 0 aromatic carbocycles. The van der Waals surface area contributed by atoms with E-state index >= 15 is 0 Å². The largest absolute Gasteiger partial charge is 0.332 e. The van der Waals surface area contributed by atoms with E-state index in [2.05, 4.69) is 21.5 Å². The average Bonchev–Trinajstić information content (AvgIpc) is 2.77. The fraction of sp³-hybridized carbons (Fsp3) is 0.700. The number of aromatic nitrogens is 2. The van der Waals surface area contributed by atoms with Crippen LogP contribution in [0.5, 0.6) is 0 Å². The maximum atomic E-state index is 5.63. The van der Waals surface area contributed by atoms with Gasteiger partial charge >= 0.3 is 0 Å². The van der Waals surface area contributed by atoms with E-state index in [4.69, 9.17) is 5.73 Å². The number of hydrogen-bond acceptors (Lipinski definition) is 3. The predicted molar refractivity (Wildman–Crippen MR) is 55.8 cm³/mol. The molecule has 4 heteroatoms. The first-order chi connectivity index (χ1) is 6.81. The van der Waals surface area contributed by atoms with Crippen LogP contribution in [0.15, 0.2) is 12.5 Å². The van der Waals surface area contributed by atoms with E-state index in [0.717, 1.165) is 12.2 Å². The minimum Gasteiger partial charge on any atom is -0.332 e. The summed E-state index contributed by atoms with van der Waals surface area (Å²) >= 11 is 0. The number of imidazole rings is 1. The number of likely N-dealkylation sites (N-methyl/N-ethyl adjacent to an activating group) is 1. The summed E-state index contributed by atoms with van der Waals surface area (Å²) in [6, 6.07) is 0.662. The number of rotatable bonds is 3. The van der Waals surface area contributed by atoms with Gasteiger partial charge in [0.2, 0.25) is 0 Å². The highest BCUT2D eigenvalue weighted by Crippen LogP contribution is 2.17. The molecule has 1 aliphatic heterocycles. The third-order valence-corrected chi connectivity index (χ3v) is 3.09. The fourth-order valence-corrected chi connectivity index (χ4v) is 2.12. The van der Waals surface area contributed by atoms with Crippen molar-refractivity contribution in [3.8, 4) is 0 Å². The Balaban J connectivity index is 2.02. The zero-order valence-corrected chi connectivity index (χ0v) is 8.69. The first kappa shape index (κ1) is 9.68. The highest BCUT2D eigenvalue weighted by Gasteiger charge is 2.21. The Morgan fingerprint density at radius 2 is 2.50 bits per heavy atom. The summed E-state index contributed by atoms with van der Waals surface area (Å²) in [5, 5.41) is 0. The molecule has 2 rings (SSSR count). The molecule has 0 amide bonds. The lowest BCUT2D eigenvalue weighted by Gasteiger charge is -2.20. The van der Waals surface area contributed by atoms with Crippen molar-refractivity contribution < 1.29 is 0 Å². The SMILES string of the molecule is CN1CCCC1Cn1cncc1CN. The summed E-state index contributed by atoms with van der Waals surface area (Å²) < 4.78 is 2.17. The molecule has 0 spiro atoms. The zero-order chi connectivity index (χ0) is 9.97. The van der Waals surface area contributed by atoms with Gasteiger partial charge in [-0.3, -0.25) is 0 Å². The van der Waals surface area contributed by atoms with Gasteiger partial charge in [-0.1, -0.05) is 0 Å². The molecule has 14 heavy (non-hydrogen) atoms. The lowest BCUT2D eigenvalue weighted by atomic mass is 10.2. The summed E-state index contributed by atoms with van der Waals surface area (Å²) in [7, 11) is 2.19. The lowest BCUT2D eigenvalue weighted by Crippen LogP contribution is -2.29. The van der Waals surface area contributed by atoms with Gasteiger partial charge in [0, 0.05) is 25.3 Å². The Morgan fingerprint density at radius 1 is 1.64 bits per heavy atom. The monoisotopic (exact) mass is 194 g/mol. The fourth-order valence-electron chi connectivity index (χ4n) is 2.12. The summed E-state index contributed by atoms with van der Waals surface area (Å²) in [6.45, 7) is 2.83. The second kappa shape index (κ2) is 4.11. The normalized spacial score (nSPS) is 23.1. The van der Waals surface area contributed by atoms with E-state index in [1.807, 2.05) is 12.5 Å². The number of nitrogens with zero attached hydrogens (tertiary/aromatic N) is 3. The molecule has 1 aliphatic rings. The van der Waals surface area contributed by atoms with E-state index < -0.39 is 0 Å². The van der Waals surface area contributed by atoms with E-state index in [9.17, 15) is 0 Å². The van der Waals surface area contributed by atoms with Crippen molar-refractivity contribution in [3.05, 3.63) is 18.2 Å². The van der Waals surface area contributed by atoms with Gasteiger partial charge in [0.05, 0.1) is 12.0 Å². The zero-order valence-electron chi connectivity index (χ0n) is 8.69. The minimum absolute atomic E-state index is 0.580. The Bertz CT molecular complexity index is 294. The number of nitrogens with two attached hydrogens (primary N) is 1. The molecule has 1 atom stereocenters. The molecule has 1 aromatic heterocycles. The van der Waals surface area contributed by atoms with E-state index in [1.165, 1.54) is 19.4 Å². The quantitative estimate of drug-likeness (QED) is 0.759. The molecular formula is C10H18N4. The standard InChI is InChI=1S/C10H18N4/c1-13-4-2-3-9(13)7-14-8-12-6-10(14)5-11/h6,8-9H,2-5,7,11H2,1H3. The van der Waals surface area contributed by atoms with Crippen molar-refractivity contribution in [2.45, 2.75) is 32.0 Å². The molecule has 0 radical (unpaired) electrons. The Labute approximate surface area is 84.7 Å². The molecule has 4 nitrogen and oxygen atoms in total. The molecule has 0 bridgehead atoms. The molecule has 1 fully saturated rings. The Morgan fingerprint density at radius 3 is 3.14 bits per heavy atom. The van der Waals surface area contributed by atoms with E-state index in [-0.39, 0.29) is 0 Å². The molecule has 0 saturated carbocycles. The second-order valence-corrected chi connectivity index (χ2v) is 4.02. The summed E-state index contributed by atoms with van der Waals surface area (Å²) in [4.78, 5) is 6.54. The molecule has 2 N–H and O–H groups in total. The third kappa shape index (κ3) is 1.81. The minimum atomic E-state index is 0.580. The molecule has 78 valence electrons. The summed E-state index contributed by atoms with van der Waals surface area (Å²) in [5.74, 6) is 0. The topological polar surface area (TPSA) is 47.1 Å². The van der Waals surface area contributed by atoms with Crippen LogP contribution in [0.4, 0.5) is 0 Å². The van der Waals surface area contributed by atoms with Crippen LogP contribution in [-0.2, 0) is 13.1 Å². The van der Waals surface area contributed by atoms with Crippen LogP contribution in [0.2, 0.25) is 0 Å². The van der Waals surface area contributed by atoms with Gasteiger partial charge in [0.15, 0.2) is 0 Å². The average molecular weight is 194 g/mol. The molecule has 1 saturated heterocycles. The van der Waals surface area contributed by atoms with Crippen molar-refractivity contribution in [2.75, 3.05) is 13.6 Å². The maximum absolute atomic E-state index is 5.63. The van der Waals surface area contributed by atoms with Gasteiger partial charge in [-0.15, -0.1) is 0 Å². The highest BCUT2D eigenvalue weighted by atomic mass is 15.2. The van der Waals surface area contributed by atoms with Gasteiger partial charge in [0.25, 0.3) is 0 Å². The Kier molecular flexibility index (Phi) is 2.84. The van der Waals surface area contributed by atoms with Crippen molar-refractivity contribution in [3.63, 3.8) is 0 Å². The van der Waals surface area contributed by atoms with Gasteiger partial charge in [-0.2, -0.15) is 0 Å². The van der Waals surface area contributed by atoms with E-state index in [1.54, 1.807) is 0 Å². The van der Waals surface area contributed by atoms with Gasteiger partial charge in [-0.25, -0.2) is 4.98 Å². The summed E-state index contributed by atoms with van der Waals surface area (Å²) in [5.41, 5.74) is 6.76. The smallest absolute Gasteiger partial charge is 0.0949 e. The first-order valence-electron chi connectivity index (χ1n) is 5.20. The van der Waals surface area contributed by atoms with Crippen LogP contribution in [0, 0.1) is 0 Å². The van der Waals surface area contributed by atoms with Crippen LogP contribution in [0.1, 0.15) is 18.5 Å². The highest BCUT2D eigenvalue weighted by molar-refractivity contribution is 4.98. The number of hydrogen-bond donors (Lipinski definition) is 1.